The number of sulfone groups is 1. The third-order valence-corrected chi connectivity index (χ3v) is 4.71. The highest BCUT2D eigenvalue weighted by molar-refractivity contribution is 7.90. The fraction of sp³-hybridized carbons (Fsp3) is 0.278. The molecule has 2 rings (SSSR count). The molecule has 2 aromatic rings. The first-order valence-electron chi connectivity index (χ1n) is 7.49. The lowest BCUT2D eigenvalue weighted by atomic mass is 10.0. The molecule has 0 spiro atoms. The van der Waals surface area contributed by atoms with Gasteiger partial charge in [0.2, 0.25) is 0 Å². The van der Waals surface area contributed by atoms with Gasteiger partial charge in [0.25, 0.3) is 0 Å². The number of para-hydroxylation sites is 1. The van der Waals surface area contributed by atoms with Gasteiger partial charge < -0.3 is 9.84 Å². The summed E-state index contributed by atoms with van der Waals surface area (Å²) in [4.78, 5) is 11.6. The lowest BCUT2D eigenvalue weighted by molar-refractivity contribution is -0.147. The van der Waals surface area contributed by atoms with Gasteiger partial charge in [0.05, 0.1) is 4.90 Å². The topological polar surface area (TPSA) is 80.7 Å². The molecule has 2 aromatic carbocycles. The van der Waals surface area contributed by atoms with Crippen LogP contribution >= 0.6 is 0 Å². The number of aliphatic carboxylic acids is 1. The van der Waals surface area contributed by atoms with E-state index in [0.29, 0.717) is 11.3 Å². The average molecular weight is 348 g/mol. The van der Waals surface area contributed by atoms with Gasteiger partial charge in [0.15, 0.2) is 15.9 Å². The fourth-order valence-electron chi connectivity index (χ4n) is 2.30. The number of carboxylic acid groups (broad SMARTS) is 1. The van der Waals surface area contributed by atoms with Crippen molar-refractivity contribution < 1.29 is 23.1 Å². The normalized spacial score (nSPS) is 12.8. The molecule has 1 atom stereocenters. The Morgan fingerprint density at radius 1 is 1.04 bits per heavy atom. The summed E-state index contributed by atoms with van der Waals surface area (Å²) in [6.07, 6.45) is 0.195. The number of carboxylic acids is 1. The van der Waals surface area contributed by atoms with Gasteiger partial charge in [0.1, 0.15) is 5.75 Å². The smallest absolute Gasteiger partial charge is 0.345 e. The highest BCUT2D eigenvalue weighted by atomic mass is 32.2. The second-order valence-electron chi connectivity index (χ2n) is 5.91. The van der Waals surface area contributed by atoms with E-state index in [1.54, 1.807) is 38.1 Å². The molecule has 0 fully saturated rings. The van der Waals surface area contributed by atoms with Crippen LogP contribution in [0.4, 0.5) is 0 Å². The molecule has 1 N–H and O–H groups in total. The van der Waals surface area contributed by atoms with E-state index in [1.807, 2.05) is 12.1 Å². The van der Waals surface area contributed by atoms with E-state index >= 15 is 0 Å². The zero-order valence-corrected chi connectivity index (χ0v) is 14.6. The van der Waals surface area contributed by atoms with Gasteiger partial charge in [-0.05, 0) is 23.8 Å². The van der Waals surface area contributed by atoms with E-state index in [0.717, 1.165) is 11.8 Å². The molecular weight excluding hydrogens is 328 g/mol. The van der Waals surface area contributed by atoms with Gasteiger partial charge in [-0.1, -0.05) is 44.2 Å². The van der Waals surface area contributed by atoms with E-state index in [1.165, 1.54) is 12.1 Å². The molecule has 6 heteroatoms. The van der Waals surface area contributed by atoms with Crippen molar-refractivity contribution >= 4 is 15.8 Å². The molecule has 128 valence electrons. The third kappa shape index (κ3) is 4.14. The van der Waals surface area contributed by atoms with Crippen molar-refractivity contribution in [2.75, 3.05) is 6.26 Å². The molecule has 0 aliphatic heterocycles. The Labute approximate surface area is 141 Å². The number of carbonyl (C=O) groups is 1. The molecule has 0 bridgehead atoms. The van der Waals surface area contributed by atoms with Crippen LogP contribution in [0.2, 0.25) is 0 Å². The number of ether oxygens (including phenoxy) is 1. The van der Waals surface area contributed by atoms with E-state index in [9.17, 15) is 18.3 Å². The van der Waals surface area contributed by atoms with E-state index in [-0.39, 0.29) is 10.8 Å². The molecule has 0 heterocycles. The molecule has 0 aromatic heterocycles. The Kier molecular flexibility index (Phi) is 5.29. The summed E-state index contributed by atoms with van der Waals surface area (Å²) < 4.78 is 28.8. The van der Waals surface area contributed by atoms with Crippen molar-refractivity contribution in [3.8, 4) is 16.9 Å². The van der Waals surface area contributed by atoms with Crippen LogP contribution in [0, 0.1) is 5.92 Å². The summed E-state index contributed by atoms with van der Waals surface area (Å²) >= 11 is 0. The minimum Gasteiger partial charge on any atom is -0.478 e. The summed E-state index contributed by atoms with van der Waals surface area (Å²) in [5.74, 6) is -0.763. The van der Waals surface area contributed by atoms with Gasteiger partial charge >= 0.3 is 5.97 Å². The minimum absolute atomic E-state index is 0.192. The van der Waals surface area contributed by atoms with E-state index < -0.39 is 21.9 Å². The van der Waals surface area contributed by atoms with Gasteiger partial charge in [-0.15, -0.1) is 0 Å². The van der Waals surface area contributed by atoms with Gasteiger partial charge in [-0.3, -0.25) is 0 Å². The Balaban J connectivity index is 2.40. The molecular formula is C18H20O5S. The highest BCUT2D eigenvalue weighted by Gasteiger charge is 2.24. The van der Waals surface area contributed by atoms with Crippen molar-refractivity contribution in [3.63, 3.8) is 0 Å². The lowest BCUT2D eigenvalue weighted by Gasteiger charge is -2.20. The maximum absolute atomic E-state index is 11.6. The predicted molar refractivity (Wildman–Crippen MR) is 91.9 cm³/mol. The summed E-state index contributed by atoms with van der Waals surface area (Å²) in [5.41, 5.74) is 1.47. The average Bonchev–Trinajstić information content (AvgIpc) is 2.51. The fourth-order valence-corrected chi connectivity index (χ4v) is 2.93. The first-order valence-corrected chi connectivity index (χ1v) is 9.38. The molecule has 0 radical (unpaired) electrons. The quantitative estimate of drug-likeness (QED) is 0.867. The number of benzene rings is 2. The van der Waals surface area contributed by atoms with Crippen LogP contribution in [-0.4, -0.2) is 31.9 Å². The summed E-state index contributed by atoms with van der Waals surface area (Å²) in [6.45, 7) is 3.56. The molecule has 0 aliphatic carbocycles. The van der Waals surface area contributed by atoms with Crippen LogP contribution in [0.1, 0.15) is 13.8 Å². The van der Waals surface area contributed by atoms with Crippen molar-refractivity contribution in [2.24, 2.45) is 5.92 Å². The first-order chi connectivity index (χ1) is 11.2. The Bertz CT molecular complexity index is 823. The molecule has 0 amide bonds. The van der Waals surface area contributed by atoms with E-state index in [4.69, 9.17) is 4.74 Å². The molecule has 24 heavy (non-hydrogen) atoms. The van der Waals surface area contributed by atoms with Crippen LogP contribution in [0.15, 0.2) is 53.4 Å². The second kappa shape index (κ2) is 7.05. The van der Waals surface area contributed by atoms with E-state index in [2.05, 4.69) is 0 Å². The largest absolute Gasteiger partial charge is 0.478 e. The zero-order valence-electron chi connectivity index (χ0n) is 13.8. The van der Waals surface area contributed by atoms with Crippen LogP contribution in [0.25, 0.3) is 11.1 Å². The van der Waals surface area contributed by atoms with Crippen LogP contribution in [0.5, 0.6) is 5.75 Å². The van der Waals surface area contributed by atoms with Crippen molar-refractivity contribution in [1.29, 1.82) is 0 Å². The maximum Gasteiger partial charge on any atom is 0.345 e. The SMILES string of the molecule is CC(C)C(Oc1ccccc1-c1ccc(S(C)(=O)=O)cc1)C(=O)O. The third-order valence-electron chi connectivity index (χ3n) is 3.58. The molecule has 0 aliphatic rings. The summed E-state index contributed by atoms with van der Waals surface area (Å²) in [6, 6.07) is 13.5. The monoisotopic (exact) mass is 348 g/mol. The Hall–Kier alpha value is -2.34. The molecule has 1 unspecified atom stereocenters. The van der Waals surface area contributed by atoms with Crippen LogP contribution in [0.3, 0.4) is 0 Å². The van der Waals surface area contributed by atoms with Crippen LogP contribution in [-0.2, 0) is 14.6 Å². The van der Waals surface area contributed by atoms with Crippen molar-refractivity contribution in [3.05, 3.63) is 48.5 Å². The summed E-state index contributed by atoms with van der Waals surface area (Å²) in [5, 5.41) is 9.30. The number of rotatable bonds is 6. The van der Waals surface area contributed by atoms with Crippen molar-refractivity contribution in [1.82, 2.24) is 0 Å². The molecule has 0 saturated heterocycles. The second-order valence-corrected chi connectivity index (χ2v) is 7.93. The zero-order chi connectivity index (χ0) is 17.9. The standard InChI is InChI=1S/C18H20O5S/c1-12(2)17(18(19)20)23-16-7-5-4-6-15(16)13-8-10-14(11-9-13)24(3,21)22/h4-12,17H,1-3H3,(H,19,20). The first kappa shape index (κ1) is 18.0. The van der Waals surface area contributed by atoms with Gasteiger partial charge in [-0.2, -0.15) is 0 Å². The maximum atomic E-state index is 11.6. The summed E-state index contributed by atoms with van der Waals surface area (Å²) in [7, 11) is -3.26. The molecule has 0 saturated carbocycles. The number of hydrogen-bond acceptors (Lipinski definition) is 4. The van der Waals surface area contributed by atoms with Gasteiger partial charge in [0, 0.05) is 17.7 Å². The van der Waals surface area contributed by atoms with Gasteiger partial charge in [-0.25, -0.2) is 13.2 Å². The highest BCUT2D eigenvalue weighted by Crippen LogP contribution is 2.32. The lowest BCUT2D eigenvalue weighted by Crippen LogP contribution is -2.32. The number of hydrogen-bond donors (Lipinski definition) is 1. The van der Waals surface area contributed by atoms with Crippen molar-refractivity contribution in [2.45, 2.75) is 24.8 Å². The molecule has 5 nitrogen and oxygen atoms in total. The minimum atomic E-state index is -3.26. The van der Waals surface area contributed by atoms with Crippen LogP contribution < -0.4 is 4.74 Å². The predicted octanol–water partition coefficient (Wildman–Crippen LogP) is 3.25. The Morgan fingerprint density at radius 3 is 2.12 bits per heavy atom. The Morgan fingerprint density at radius 2 is 1.62 bits per heavy atom.